The molecule has 6 nitrogen and oxygen atoms in total. The fraction of sp³-hybridized carbons (Fsp3) is 0.333. The predicted molar refractivity (Wildman–Crippen MR) is 117 cm³/mol. The number of hydrogen-bond acceptors (Lipinski definition) is 4. The Morgan fingerprint density at radius 1 is 1.17 bits per heavy atom. The van der Waals surface area contributed by atoms with Crippen LogP contribution in [-0.2, 0) is 14.8 Å². The van der Waals surface area contributed by atoms with Crippen LogP contribution in [0, 0.1) is 5.82 Å². The summed E-state index contributed by atoms with van der Waals surface area (Å²) < 4.78 is 41.8. The summed E-state index contributed by atoms with van der Waals surface area (Å²) >= 11 is 3.31. The van der Waals surface area contributed by atoms with Crippen LogP contribution < -0.4 is 5.43 Å². The van der Waals surface area contributed by atoms with E-state index < -0.39 is 21.7 Å². The summed E-state index contributed by atoms with van der Waals surface area (Å²) in [6.45, 7) is -0.330. The highest BCUT2D eigenvalue weighted by atomic mass is 79.9. The third-order valence-electron chi connectivity index (χ3n) is 4.95. The van der Waals surface area contributed by atoms with Gasteiger partial charge in [-0.3, -0.25) is 4.79 Å². The lowest BCUT2D eigenvalue weighted by Crippen LogP contribution is -2.46. The van der Waals surface area contributed by atoms with E-state index in [0.717, 1.165) is 36.6 Å². The normalized spacial score (nSPS) is 15.6. The van der Waals surface area contributed by atoms with E-state index >= 15 is 0 Å². The SMILES string of the molecule is O=C(CN(C1CCCCC1)S(=O)(=O)c1ccc(Br)cc1)N/N=C\c1cccc(F)c1. The van der Waals surface area contributed by atoms with Crippen molar-refractivity contribution >= 4 is 38.1 Å². The number of halogens is 2. The van der Waals surface area contributed by atoms with Crippen LogP contribution in [0.2, 0.25) is 0 Å². The maximum absolute atomic E-state index is 13.3. The minimum atomic E-state index is -3.85. The Morgan fingerprint density at radius 3 is 2.53 bits per heavy atom. The molecule has 0 radical (unpaired) electrons. The zero-order valence-corrected chi connectivity index (χ0v) is 18.7. The number of carbonyl (C=O) groups is 1. The monoisotopic (exact) mass is 495 g/mol. The smallest absolute Gasteiger partial charge is 0.255 e. The topological polar surface area (TPSA) is 78.8 Å². The third kappa shape index (κ3) is 5.96. The minimum absolute atomic E-state index is 0.146. The molecule has 1 aliphatic carbocycles. The van der Waals surface area contributed by atoms with Gasteiger partial charge in [0.05, 0.1) is 17.7 Å². The molecule has 1 aliphatic rings. The first kappa shape index (κ1) is 22.6. The molecule has 0 heterocycles. The first-order chi connectivity index (χ1) is 14.4. The molecule has 0 atom stereocenters. The summed E-state index contributed by atoms with van der Waals surface area (Å²) in [6, 6.07) is 11.9. The second-order valence-corrected chi connectivity index (χ2v) is 9.95. The summed E-state index contributed by atoms with van der Waals surface area (Å²) in [4.78, 5) is 12.6. The van der Waals surface area contributed by atoms with E-state index in [1.807, 2.05) is 0 Å². The van der Waals surface area contributed by atoms with Crippen LogP contribution in [0.15, 0.2) is 63.0 Å². The van der Waals surface area contributed by atoms with E-state index in [2.05, 4.69) is 26.5 Å². The van der Waals surface area contributed by atoms with Gasteiger partial charge < -0.3 is 0 Å². The highest BCUT2D eigenvalue weighted by Gasteiger charge is 2.33. The number of rotatable bonds is 7. The van der Waals surface area contributed by atoms with Gasteiger partial charge in [-0.15, -0.1) is 0 Å². The Hall–Kier alpha value is -2.10. The summed E-state index contributed by atoms with van der Waals surface area (Å²) in [5, 5.41) is 3.83. The Kier molecular flexibility index (Phi) is 7.74. The Morgan fingerprint density at radius 2 is 1.87 bits per heavy atom. The zero-order valence-electron chi connectivity index (χ0n) is 16.3. The van der Waals surface area contributed by atoms with E-state index in [-0.39, 0.29) is 17.5 Å². The van der Waals surface area contributed by atoms with Crippen LogP contribution >= 0.6 is 15.9 Å². The number of nitrogens with zero attached hydrogens (tertiary/aromatic N) is 2. The van der Waals surface area contributed by atoms with E-state index in [0.29, 0.717) is 5.56 Å². The first-order valence-electron chi connectivity index (χ1n) is 9.71. The molecule has 1 fully saturated rings. The maximum atomic E-state index is 13.3. The van der Waals surface area contributed by atoms with Gasteiger partial charge in [-0.2, -0.15) is 9.41 Å². The average Bonchev–Trinajstić information content (AvgIpc) is 2.73. The van der Waals surface area contributed by atoms with Crippen molar-refractivity contribution in [2.45, 2.75) is 43.0 Å². The van der Waals surface area contributed by atoms with Gasteiger partial charge in [-0.25, -0.2) is 18.2 Å². The molecule has 0 aliphatic heterocycles. The molecule has 0 aromatic heterocycles. The molecule has 2 aromatic rings. The molecule has 1 saturated carbocycles. The largest absolute Gasteiger partial charge is 0.272 e. The molecule has 0 spiro atoms. The molecule has 160 valence electrons. The van der Waals surface area contributed by atoms with E-state index in [9.17, 15) is 17.6 Å². The number of carbonyl (C=O) groups excluding carboxylic acids is 1. The second-order valence-electron chi connectivity index (χ2n) is 7.14. The summed E-state index contributed by atoms with van der Waals surface area (Å²) in [6.07, 6.45) is 5.67. The highest BCUT2D eigenvalue weighted by molar-refractivity contribution is 9.10. The second kappa shape index (κ2) is 10.3. The Labute approximate surface area is 184 Å². The van der Waals surface area contributed by atoms with Crippen molar-refractivity contribution in [3.8, 4) is 0 Å². The van der Waals surface area contributed by atoms with Crippen LogP contribution in [0.4, 0.5) is 4.39 Å². The molecule has 1 amide bonds. The van der Waals surface area contributed by atoms with Gasteiger partial charge in [0.1, 0.15) is 5.82 Å². The molecule has 0 bridgehead atoms. The van der Waals surface area contributed by atoms with Gasteiger partial charge in [-0.05, 0) is 54.8 Å². The van der Waals surface area contributed by atoms with Crippen molar-refractivity contribution in [2.24, 2.45) is 5.10 Å². The van der Waals surface area contributed by atoms with Crippen molar-refractivity contribution in [3.63, 3.8) is 0 Å². The fourth-order valence-electron chi connectivity index (χ4n) is 3.46. The van der Waals surface area contributed by atoms with Crippen molar-refractivity contribution in [3.05, 3.63) is 64.4 Å². The summed E-state index contributed by atoms with van der Waals surface area (Å²) in [7, 11) is -3.85. The Balaban J connectivity index is 1.75. The van der Waals surface area contributed by atoms with Crippen molar-refractivity contribution < 1.29 is 17.6 Å². The van der Waals surface area contributed by atoms with Crippen LogP contribution in [0.1, 0.15) is 37.7 Å². The van der Waals surface area contributed by atoms with Gasteiger partial charge in [0.2, 0.25) is 10.0 Å². The number of amides is 1. The van der Waals surface area contributed by atoms with E-state index in [4.69, 9.17) is 0 Å². The van der Waals surface area contributed by atoms with Gasteiger partial charge in [-0.1, -0.05) is 47.3 Å². The summed E-state index contributed by atoms with van der Waals surface area (Å²) in [5.74, 6) is -0.955. The summed E-state index contributed by atoms with van der Waals surface area (Å²) in [5.41, 5.74) is 2.84. The molecule has 9 heteroatoms. The highest BCUT2D eigenvalue weighted by Crippen LogP contribution is 2.28. The van der Waals surface area contributed by atoms with Crippen LogP contribution in [0.5, 0.6) is 0 Å². The first-order valence-corrected chi connectivity index (χ1v) is 11.9. The number of benzene rings is 2. The molecule has 0 saturated heterocycles. The minimum Gasteiger partial charge on any atom is -0.272 e. The fourth-order valence-corrected chi connectivity index (χ4v) is 5.37. The third-order valence-corrected chi connectivity index (χ3v) is 7.39. The number of hydrazone groups is 1. The lowest BCUT2D eigenvalue weighted by molar-refractivity contribution is -0.121. The zero-order chi connectivity index (χ0) is 21.6. The Bertz CT molecular complexity index is 1010. The van der Waals surface area contributed by atoms with E-state index in [1.54, 1.807) is 18.2 Å². The number of nitrogens with one attached hydrogen (secondary N) is 1. The molecule has 3 rings (SSSR count). The van der Waals surface area contributed by atoms with E-state index in [1.165, 1.54) is 40.9 Å². The van der Waals surface area contributed by atoms with Gasteiger partial charge in [0.25, 0.3) is 5.91 Å². The van der Waals surface area contributed by atoms with Gasteiger partial charge in [0, 0.05) is 10.5 Å². The molecule has 1 N–H and O–H groups in total. The van der Waals surface area contributed by atoms with Crippen LogP contribution in [0.3, 0.4) is 0 Å². The number of hydrogen-bond donors (Lipinski definition) is 1. The molecular weight excluding hydrogens is 473 g/mol. The van der Waals surface area contributed by atoms with Crippen molar-refractivity contribution in [2.75, 3.05) is 6.54 Å². The average molecular weight is 496 g/mol. The molecular formula is C21H23BrFN3O3S. The molecule has 30 heavy (non-hydrogen) atoms. The quantitative estimate of drug-likeness (QED) is 0.464. The molecule has 0 unspecified atom stereocenters. The van der Waals surface area contributed by atoms with Crippen molar-refractivity contribution in [1.29, 1.82) is 0 Å². The lowest BCUT2D eigenvalue weighted by atomic mass is 9.95. The van der Waals surface area contributed by atoms with Gasteiger partial charge >= 0.3 is 0 Å². The number of sulfonamides is 1. The standard InChI is InChI=1S/C21H23BrFN3O3S/c22-17-9-11-20(12-10-17)30(28,29)26(19-7-2-1-3-8-19)15-21(27)25-24-14-16-5-4-6-18(23)13-16/h4-6,9-14,19H,1-3,7-8,15H2,(H,25,27)/b24-14-. The van der Waals surface area contributed by atoms with Crippen LogP contribution in [-0.4, -0.2) is 37.4 Å². The molecule has 2 aromatic carbocycles. The van der Waals surface area contributed by atoms with Gasteiger partial charge in [0.15, 0.2) is 0 Å². The van der Waals surface area contributed by atoms with Crippen LogP contribution in [0.25, 0.3) is 0 Å². The predicted octanol–water partition coefficient (Wildman–Crippen LogP) is 4.06. The lowest BCUT2D eigenvalue weighted by Gasteiger charge is -2.32. The van der Waals surface area contributed by atoms with Crippen molar-refractivity contribution in [1.82, 2.24) is 9.73 Å². The maximum Gasteiger partial charge on any atom is 0.255 e.